The predicted molar refractivity (Wildman–Crippen MR) is 79.2 cm³/mol. The molecule has 5 nitrogen and oxygen atoms in total. The average Bonchev–Trinajstić information content (AvgIpc) is 2.35. The highest BCUT2D eigenvalue weighted by Gasteiger charge is 2.17. The number of anilines is 1. The van der Waals surface area contributed by atoms with Crippen molar-refractivity contribution in [2.24, 2.45) is 0 Å². The topological polar surface area (TPSA) is 60.5 Å². The largest absolute Gasteiger partial charge is 0.481 e. The van der Waals surface area contributed by atoms with E-state index in [1.807, 2.05) is 20.8 Å². The third kappa shape index (κ3) is 5.30. The Hall–Kier alpha value is -2.04. The van der Waals surface area contributed by atoms with Gasteiger partial charge < -0.3 is 9.47 Å². The first-order valence-electron chi connectivity index (χ1n) is 6.50. The number of methoxy groups -OCH3 is 1. The number of ether oxygens (including phenoxy) is 2. The molecule has 0 radical (unpaired) electrons. The van der Waals surface area contributed by atoms with Crippen molar-refractivity contribution < 1.29 is 14.3 Å². The number of nitrogens with zero attached hydrogens (tertiary/aromatic N) is 1. The Morgan fingerprint density at radius 3 is 2.70 bits per heavy atom. The summed E-state index contributed by atoms with van der Waals surface area (Å²) in [7, 11) is 1.56. The minimum Gasteiger partial charge on any atom is -0.481 e. The van der Waals surface area contributed by atoms with Crippen LogP contribution in [-0.4, -0.2) is 23.8 Å². The molecule has 0 bridgehead atoms. The quantitative estimate of drug-likeness (QED) is 0.837. The van der Waals surface area contributed by atoms with Crippen molar-refractivity contribution in [3.05, 3.63) is 30.5 Å². The molecule has 1 aromatic rings. The van der Waals surface area contributed by atoms with Gasteiger partial charge in [-0.25, -0.2) is 9.78 Å². The van der Waals surface area contributed by atoms with Crippen LogP contribution in [0.1, 0.15) is 32.9 Å². The maximum Gasteiger partial charge on any atom is 0.412 e. The number of carbonyl (C=O) groups excluding carboxylic acids is 1. The number of aryl methyl sites for hydroxylation is 1. The number of carbonyl (C=O) groups is 1. The molecular formula is C15H22N2O3. The Kier molecular flexibility index (Phi) is 5.55. The molecule has 1 N–H and O–H groups in total. The minimum absolute atomic E-state index is 0.496. The van der Waals surface area contributed by atoms with Crippen LogP contribution < -0.4 is 10.1 Å². The summed E-state index contributed by atoms with van der Waals surface area (Å²) in [6.07, 6.45) is 2.75. The summed E-state index contributed by atoms with van der Waals surface area (Å²) in [6.45, 7) is 9.14. The van der Waals surface area contributed by atoms with E-state index >= 15 is 0 Å². The molecule has 0 aliphatic rings. The summed E-state index contributed by atoms with van der Waals surface area (Å²) in [4.78, 5) is 16.1. The van der Waals surface area contributed by atoms with Crippen LogP contribution in [-0.2, 0) is 11.2 Å². The van der Waals surface area contributed by atoms with Gasteiger partial charge in [-0.1, -0.05) is 6.08 Å². The van der Waals surface area contributed by atoms with Crippen molar-refractivity contribution in [2.45, 2.75) is 39.2 Å². The van der Waals surface area contributed by atoms with Crippen LogP contribution in [0.2, 0.25) is 0 Å². The molecule has 5 heteroatoms. The van der Waals surface area contributed by atoms with Gasteiger partial charge in [0.15, 0.2) is 0 Å². The second-order valence-corrected chi connectivity index (χ2v) is 5.30. The zero-order valence-corrected chi connectivity index (χ0v) is 12.5. The van der Waals surface area contributed by atoms with Crippen LogP contribution >= 0.6 is 0 Å². The van der Waals surface area contributed by atoms with Gasteiger partial charge in [-0.2, -0.15) is 0 Å². The van der Waals surface area contributed by atoms with Gasteiger partial charge in [0.1, 0.15) is 5.60 Å². The molecule has 1 rings (SSSR count). The summed E-state index contributed by atoms with van der Waals surface area (Å²) in [5.74, 6) is 0.513. The molecule has 1 amide bonds. The van der Waals surface area contributed by atoms with Crippen LogP contribution in [0, 0.1) is 0 Å². The van der Waals surface area contributed by atoms with Crippen molar-refractivity contribution in [1.82, 2.24) is 4.98 Å². The van der Waals surface area contributed by atoms with Crippen LogP contribution in [0.15, 0.2) is 24.8 Å². The van der Waals surface area contributed by atoms with Gasteiger partial charge in [0.25, 0.3) is 0 Å². The van der Waals surface area contributed by atoms with Crippen LogP contribution in [0.25, 0.3) is 0 Å². The van der Waals surface area contributed by atoms with Crippen molar-refractivity contribution in [3.8, 4) is 5.88 Å². The number of hydrogen-bond donors (Lipinski definition) is 1. The maximum atomic E-state index is 11.8. The molecule has 0 saturated carbocycles. The Morgan fingerprint density at radius 2 is 2.15 bits per heavy atom. The Bertz CT molecular complexity index is 478. The van der Waals surface area contributed by atoms with E-state index in [2.05, 4.69) is 16.9 Å². The van der Waals surface area contributed by atoms with Gasteiger partial charge in [0.05, 0.1) is 18.5 Å². The van der Waals surface area contributed by atoms with E-state index in [0.717, 1.165) is 12.1 Å². The smallest absolute Gasteiger partial charge is 0.412 e. The number of allylic oxidation sites excluding steroid dienone is 1. The summed E-state index contributed by atoms with van der Waals surface area (Å²) in [5.41, 5.74) is 0.836. The first kappa shape index (κ1) is 16.0. The number of rotatable bonds is 5. The molecule has 0 aromatic carbocycles. The lowest BCUT2D eigenvalue weighted by Gasteiger charge is -2.20. The van der Waals surface area contributed by atoms with E-state index in [1.54, 1.807) is 25.3 Å². The molecule has 0 spiro atoms. The summed E-state index contributed by atoms with van der Waals surface area (Å²) in [5, 5.41) is 2.71. The lowest BCUT2D eigenvalue weighted by Crippen LogP contribution is -2.27. The second-order valence-electron chi connectivity index (χ2n) is 5.30. The third-order valence-electron chi connectivity index (χ3n) is 2.38. The fourth-order valence-electron chi connectivity index (χ4n) is 1.55. The lowest BCUT2D eigenvalue weighted by molar-refractivity contribution is 0.0635. The zero-order valence-electron chi connectivity index (χ0n) is 12.5. The molecule has 1 heterocycles. The molecule has 0 aliphatic heterocycles. The first-order chi connectivity index (χ1) is 9.35. The lowest BCUT2D eigenvalue weighted by atomic mass is 10.2. The third-order valence-corrected chi connectivity index (χ3v) is 2.38. The van der Waals surface area contributed by atoms with Crippen molar-refractivity contribution >= 4 is 11.8 Å². The number of hydrogen-bond acceptors (Lipinski definition) is 4. The Labute approximate surface area is 120 Å². The first-order valence-corrected chi connectivity index (χ1v) is 6.50. The molecule has 110 valence electrons. The van der Waals surface area contributed by atoms with Crippen molar-refractivity contribution in [3.63, 3.8) is 0 Å². The van der Waals surface area contributed by atoms with Crippen LogP contribution in [0.3, 0.4) is 0 Å². The maximum absolute atomic E-state index is 11.8. The summed E-state index contributed by atoms with van der Waals surface area (Å²) >= 11 is 0. The van der Waals surface area contributed by atoms with E-state index in [4.69, 9.17) is 9.47 Å². The Morgan fingerprint density at radius 1 is 1.45 bits per heavy atom. The molecule has 20 heavy (non-hydrogen) atoms. The van der Waals surface area contributed by atoms with E-state index in [0.29, 0.717) is 18.0 Å². The second kappa shape index (κ2) is 6.93. The number of pyridine rings is 1. The highest BCUT2D eigenvalue weighted by molar-refractivity contribution is 5.85. The van der Waals surface area contributed by atoms with Gasteiger partial charge >= 0.3 is 6.09 Å². The molecule has 1 aromatic heterocycles. The van der Waals surface area contributed by atoms with E-state index in [1.165, 1.54) is 0 Å². The standard InChI is InChI=1S/C15H22N2O3/c1-6-7-8-11-12(9-10-13(16-11)19-5)17-14(18)20-15(2,3)4/h6,9-10H,1,7-8H2,2-5H3,(H,17,18). The number of nitrogens with one attached hydrogen (secondary N) is 1. The number of aromatic nitrogens is 1. The predicted octanol–water partition coefficient (Wildman–Crippen LogP) is 3.56. The summed E-state index contributed by atoms with van der Waals surface area (Å²) in [6, 6.07) is 3.46. The fourth-order valence-corrected chi connectivity index (χ4v) is 1.55. The van der Waals surface area contributed by atoms with E-state index < -0.39 is 11.7 Å². The van der Waals surface area contributed by atoms with Gasteiger partial charge in [-0.15, -0.1) is 6.58 Å². The van der Waals surface area contributed by atoms with Gasteiger partial charge in [0.2, 0.25) is 5.88 Å². The molecule has 0 saturated heterocycles. The molecule has 0 aliphatic carbocycles. The van der Waals surface area contributed by atoms with Gasteiger partial charge in [-0.3, -0.25) is 5.32 Å². The highest BCUT2D eigenvalue weighted by atomic mass is 16.6. The monoisotopic (exact) mass is 278 g/mol. The number of amides is 1. The molecular weight excluding hydrogens is 256 g/mol. The van der Waals surface area contributed by atoms with E-state index in [-0.39, 0.29) is 0 Å². The molecule has 0 fully saturated rings. The van der Waals surface area contributed by atoms with Gasteiger partial charge in [-0.05, 0) is 39.7 Å². The fraction of sp³-hybridized carbons (Fsp3) is 0.467. The van der Waals surface area contributed by atoms with Crippen LogP contribution in [0.5, 0.6) is 5.88 Å². The summed E-state index contributed by atoms with van der Waals surface area (Å²) < 4.78 is 10.3. The van der Waals surface area contributed by atoms with Crippen molar-refractivity contribution in [1.29, 1.82) is 0 Å². The van der Waals surface area contributed by atoms with Gasteiger partial charge in [0, 0.05) is 6.07 Å². The highest BCUT2D eigenvalue weighted by Crippen LogP contribution is 2.20. The van der Waals surface area contributed by atoms with Crippen LogP contribution in [0.4, 0.5) is 10.5 Å². The average molecular weight is 278 g/mol. The Balaban J connectivity index is 2.87. The van der Waals surface area contributed by atoms with E-state index in [9.17, 15) is 4.79 Å². The zero-order chi connectivity index (χ0) is 15.2. The normalized spacial score (nSPS) is 10.8. The minimum atomic E-state index is -0.536. The SMILES string of the molecule is C=CCCc1nc(OC)ccc1NC(=O)OC(C)(C)C. The molecule has 0 unspecified atom stereocenters. The van der Waals surface area contributed by atoms with Crippen molar-refractivity contribution in [2.75, 3.05) is 12.4 Å². The molecule has 0 atom stereocenters.